The van der Waals surface area contributed by atoms with Crippen LogP contribution in [-0.2, 0) is 4.74 Å². The lowest BCUT2D eigenvalue weighted by Gasteiger charge is -2.28. The largest absolute Gasteiger partial charge is 0.372 e. The summed E-state index contributed by atoms with van der Waals surface area (Å²) in [6.45, 7) is 5.20. The Bertz CT molecular complexity index is 184. The van der Waals surface area contributed by atoms with Crippen LogP contribution in [0.5, 0.6) is 0 Å². The molecule has 3 nitrogen and oxygen atoms in total. The van der Waals surface area contributed by atoms with Crippen molar-refractivity contribution < 1.29 is 4.74 Å². The molecule has 3 heteroatoms. The lowest BCUT2D eigenvalue weighted by molar-refractivity contribution is -0.0397. The first-order valence-corrected chi connectivity index (χ1v) is 6.41. The number of likely N-dealkylation sites (tertiary alicyclic amines) is 1. The zero-order chi connectivity index (χ0) is 10.6. The fraction of sp³-hybridized carbons (Fsp3) is 1.00. The third kappa shape index (κ3) is 2.92. The Morgan fingerprint density at radius 2 is 1.73 bits per heavy atom. The van der Waals surface area contributed by atoms with Crippen LogP contribution in [0.15, 0.2) is 0 Å². The molecule has 1 saturated carbocycles. The maximum atomic E-state index is 6.04. The van der Waals surface area contributed by atoms with E-state index in [4.69, 9.17) is 10.5 Å². The molecule has 0 radical (unpaired) electrons. The number of hydrogen-bond acceptors (Lipinski definition) is 3. The molecule has 0 aromatic carbocycles. The minimum absolute atomic E-state index is 0.0414. The predicted octanol–water partition coefficient (Wildman–Crippen LogP) is 1.37. The summed E-state index contributed by atoms with van der Waals surface area (Å²) in [5.74, 6) is 0. The first kappa shape index (κ1) is 11.4. The molecule has 0 bridgehead atoms. The van der Waals surface area contributed by atoms with Gasteiger partial charge in [0.2, 0.25) is 0 Å². The Labute approximate surface area is 93.0 Å². The quantitative estimate of drug-likeness (QED) is 0.748. The van der Waals surface area contributed by atoms with Gasteiger partial charge in [-0.1, -0.05) is 12.8 Å². The van der Waals surface area contributed by atoms with Gasteiger partial charge in [-0.2, -0.15) is 0 Å². The standard InChI is InChI=1S/C12H24N2O/c13-11-12(5-1-2-6-12)15-10-9-14-7-3-4-8-14/h1-11,13H2. The molecule has 2 aliphatic rings. The van der Waals surface area contributed by atoms with Crippen molar-refractivity contribution in [2.45, 2.75) is 44.1 Å². The first-order chi connectivity index (χ1) is 7.35. The molecule has 88 valence electrons. The summed E-state index contributed by atoms with van der Waals surface area (Å²) in [5.41, 5.74) is 5.87. The van der Waals surface area contributed by atoms with E-state index in [0.29, 0.717) is 6.54 Å². The molecule has 0 atom stereocenters. The van der Waals surface area contributed by atoms with E-state index in [1.807, 2.05) is 0 Å². The van der Waals surface area contributed by atoms with Gasteiger partial charge < -0.3 is 15.4 Å². The van der Waals surface area contributed by atoms with Crippen LogP contribution in [-0.4, -0.2) is 43.3 Å². The number of nitrogens with zero attached hydrogens (tertiary/aromatic N) is 1. The van der Waals surface area contributed by atoms with Crippen LogP contribution in [0.2, 0.25) is 0 Å². The summed E-state index contributed by atoms with van der Waals surface area (Å²) in [7, 11) is 0. The van der Waals surface area contributed by atoms with Crippen molar-refractivity contribution in [3.63, 3.8) is 0 Å². The Balaban J connectivity index is 1.67. The average molecular weight is 212 g/mol. The van der Waals surface area contributed by atoms with Gasteiger partial charge in [0.1, 0.15) is 0 Å². The number of rotatable bonds is 5. The molecular weight excluding hydrogens is 188 g/mol. The molecule has 0 aromatic heterocycles. The average Bonchev–Trinajstić information content (AvgIpc) is 2.89. The van der Waals surface area contributed by atoms with Gasteiger partial charge in [0.15, 0.2) is 0 Å². The van der Waals surface area contributed by atoms with Crippen molar-refractivity contribution in [3.05, 3.63) is 0 Å². The summed E-state index contributed by atoms with van der Waals surface area (Å²) in [5, 5.41) is 0. The van der Waals surface area contributed by atoms with E-state index in [-0.39, 0.29) is 5.60 Å². The van der Waals surface area contributed by atoms with Gasteiger partial charge in [-0.05, 0) is 38.8 Å². The SMILES string of the molecule is NCC1(OCCN2CCCC2)CCCC1. The monoisotopic (exact) mass is 212 g/mol. The molecule has 0 amide bonds. The second-order valence-corrected chi connectivity index (χ2v) is 4.99. The second-order valence-electron chi connectivity index (χ2n) is 4.99. The van der Waals surface area contributed by atoms with Crippen LogP contribution >= 0.6 is 0 Å². The molecule has 1 aliphatic heterocycles. The summed E-state index contributed by atoms with van der Waals surface area (Å²) in [6.07, 6.45) is 7.65. The van der Waals surface area contributed by atoms with Gasteiger partial charge >= 0.3 is 0 Å². The van der Waals surface area contributed by atoms with E-state index >= 15 is 0 Å². The van der Waals surface area contributed by atoms with Crippen LogP contribution in [0.3, 0.4) is 0 Å². The minimum Gasteiger partial charge on any atom is -0.372 e. The van der Waals surface area contributed by atoms with Crippen molar-refractivity contribution in [2.75, 3.05) is 32.8 Å². The fourth-order valence-electron chi connectivity index (χ4n) is 2.82. The Morgan fingerprint density at radius 1 is 1.07 bits per heavy atom. The van der Waals surface area contributed by atoms with E-state index in [2.05, 4.69) is 4.90 Å². The van der Waals surface area contributed by atoms with Crippen molar-refractivity contribution in [2.24, 2.45) is 5.73 Å². The number of ether oxygens (including phenoxy) is 1. The molecule has 0 spiro atoms. The van der Waals surface area contributed by atoms with Crippen LogP contribution in [0, 0.1) is 0 Å². The molecule has 2 rings (SSSR count). The molecule has 15 heavy (non-hydrogen) atoms. The van der Waals surface area contributed by atoms with E-state index < -0.39 is 0 Å². The van der Waals surface area contributed by atoms with E-state index in [0.717, 1.165) is 13.2 Å². The zero-order valence-corrected chi connectivity index (χ0v) is 9.71. The summed E-state index contributed by atoms with van der Waals surface area (Å²) >= 11 is 0. The van der Waals surface area contributed by atoms with Crippen molar-refractivity contribution in [1.82, 2.24) is 4.90 Å². The van der Waals surface area contributed by atoms with Crippen molar-refractivity contribution in [1.29, 1.82) is 0 Å². The van der Waals surface area contributed by atoms with Crippen LogP contribution in [0.4, 0.5) is 0 Å². The molecule has 2 N–H and O–H groups in total. The van der Waals surface area contributed by atoms with Gasteiger partial charge in [-0.3, -0.25) is 0 Å². The molecular formula is C12H24N2O. The number of hydrogen-bond donors (Lipinski definition) is 1. The highest BCUT2D eigenvalue weighted by Crippen LogP contribution is 2.32. The van der Waals surface area contributed by atoms with E-state index in [9.17, 15) is 0 Å². The fourth-order valence-corrected chi connectivity index (χ4v) is 2.82. The highest BCUT2D eigenvalue weighted by atomic mass is 16.5. The molecule has 1 saturated heterocycles. The van der Waals surface area contributed by atoms with Gasteiger partial charge in [0.25, 0.3) is 0 Å². The van der Waals surface area contributed by atoms with E-state index in [1.165, 1.54) is 51.6 Å². The van der Waals surface area contributed by atoms with Gasteiger partial charge in [-0.15, -0.1) is 0 Å². The predicted molar refractivity (Wildman–Crippen MR) is 61.9 cm³/mol. The molecule has 0 aromatic rings. The lowest BCUT2D eigenvalue weighted by atomic mass is 10.0. The smallest absolute Gasteiger partial charge is 0.0804 e. The Kier molecular flexibility index (Phi) is 4.00. The second kappa shape index (κ2) is 5.28. The normalized spacial score (nSPS) is 26.2. The van der Waals surface area contributed by atoms with Crippen molar-refractivity contribution in [3.8, 4) is 0 Å². The van der Waals surface area contributed by atoms with Gasteiger partial charge in [-0.25, -0.2) is 0 Å². The highest BCUT2D eigenvalue weighted by molar-refractivity contribution is 4.87. The Morgan fingerprint density at radius 3 is 2.33 bits per heavy atom. The van der Waals surface area contributed by atoms with Crippen LogP contribution in [0.1, 0.15) is 38.5 Å². The highest BCUT2D eigenvalue weighted by Gasteiger charge is 2.33. The molecule has 1 heterocycles. The maximum absolute atomic E-state index is 6.04. The zero-order valence-electron chi connectivity index (χ0n) is 9.71. The molecule has 1 aliphatic carbocycles. The molecule has 2 fully saturated rings. The van der Waals surface area contributed by atoms with Crippen molar-refractivity contribution >= 4 is 0 Å². The summed E-state index contributed by atoms with van der Waals surface area (Å²) in [4.78, 5) is 2.50. The third-order valence-electron chi connectivity index (χ3n) is 3.90. The van der Waals surface area contributed by atoms with Gasteiger partial charge in [0, 0.05) is 13.1 Å². The van der Waals surface area contributed by atoms with E-state index in [1.54, 1.807) is 0 Å². The number of nitrogens with two attached hydrogens (primary N) is 1. The Hall–Kier alpha value is -0.120. The maximum Gasteiger partial charge on any atom is 0.0804 e. The first-order valence-electron chi connectivity index (χ1n) is 6.41. The van der Waals surface area contributed by atoms with Gasteiger partial charge in [0.05, 0.1) is 12.2 Å². The summed E-state index contributed by atoms with van der Waals surface area (Å²) in [6, 6.07) is 0. The lowest BCUT2D eigenvalue weighted by Crippen LogP contribution is -2.40. The third-order valence-corrected chi connectivity index (χ3v) is 3.90. The summed E-state index contributed by atoms with van der Waals surface area (Å²) < 4.78 is 6.04. The van der Waals surface area contributed by atoms with Crippen LogP contribution in [0.25, 0.3) is 0 Å². The minimum atomic E-state index is 0.0414. The van der Waals surface area contributed by atoms with Crippen LogP contribution < -0.4 is 5.73 Å². The molecule has 0 unspecified atom stereocenters. The topological polar surface area (TPSA) is 38.5 Å².